The fourth-order valence-electron chi connectivity index (χ4n) is 3.35. The van der Waals surface area contributed by atoms with Crippen molar-refractivity contribution in [2.75, 3.05) is 19.6 Å². The maximum atomic E-state index is 5.62. The van der Waals surface area contributed by atoms with Gasteiger partial charge in [-0.1, -0.05) is 42.0 Å². The summed E-state index contributed by atoms with van der Waals surface area (Å²) in [6.07, 6.45) is 3.65. The molecule has 0 saturated carbocycles. The van der Waals surface area contributed by atoms with Crippen LogP contribution in [0.2, 0.25) is 0 Å². The van der Waals surface area contributed by atoms with Crippen LogP contribution in [0, 0.1) is 6.92 Å². The topological polar surface area (TPSA) is 29.3 Å². The second-order valence-corrected chi connectivity index (χ2v) is 6.43. The van der Waals surface area contributed by atoms with E-state index in [4.69, 9.17) is 5.73 Å². The molecule has 2 nitrogen and oxygen atoms in total. The smallest absolute Gasteiger partial charge is 0.0234 e. The average Bonchev–Trinajstić information content (AvgIpc) is 3.01. The predicted molar refractivity (Wildman–Crippen MR) is 93.9 cm³/mol. The second-order valence-electron chi connectivity index (χ2n) is 6.43. The van der Waals surface area contributed by atoms with Crippen molar-refractivity contribution >= 4 is 0 Å². The molecule has 1 fully saturated rings. The van der Waals surface area contributed by atoms with E-state index in [-0.39, 0.29) is 0 Å². The number of nitrogens with zero attached hydrogens (tertiary/aromatic N) is 1. The molecule has 3 rings (SSSR count). The molecule has 2 N–H and O–H groups in total. The van der Waals surface area contributed by atoms with Crippen LogP contribution in [-0.2, 0) is 13.0 Å². The molecule has 2 aromatic carbocycles. The van der Waals surface area contributed by atoms with Crippen molar-refractivity contribution < 1.29 is 0 Å². The third kappa shape index (κ3) is 3.76. The number of rotatable bonds is 5. The SMILES string of the molecule is Cc1cc(CN2CCCC2)cc(-c2ccc(CCN)cc2)c1. The summed E-state index contributed by atoms with van der Waals surface area (Å²) in [5, 5.41) is 0. The largest absolute Gasteiger partial charge is 0.330 e. The van der Waals surface area contributed by atoms with E-state index in [9.17, 15) is 0 Å². The zero-order valence-electron chi connectivity index (χ0n) is 13.5. The van der Waals surface area contributed by atoms with E-state index >= 15 is 0 Å². The number of nitrogens with two attached hydrogens (primary N) is 1. The van der Waals surface area contributed by atoms with Crippen molar-refractivity contribution in [2.24, 2.45) is 5.73 Å². The molecule has 1 heterocycles. The molecule has 2 heteroatoms. The van der Waals surface area contributed by atoms with Crippen LogP contribution in [0.25, 0.3) is 11.1 Å². The first-order chi connectivity index (χ1) is 10.7. The molecule has 0 aliphatic carbocycles. The second kappa shape index (κ2) is 7.08. The van der Waals surface area contributed by atoms with Crippen LogP contribution in [-0.4, -0.2) is 24.5 Å². The van der Waals surface area contributed by atoms with Gasteiger partial charge in [-0.2, -0.15) is 0 Å². The van der Waals surface area contributed by atoms with Crippen molar-refractivity contribution in [1.82, 2.24) is 4.90 Å². The van der Waals surface area contributed by atoms with Gasteiger partial charge < -0.3 is 5.73 Å². The summed E-state index contributed by atoms with van der Waals surface area (Å²) in [6.45, 7) is 6.48. The van der Waals surface area contributed by atoms with Crippen LogP contribution in [0.4, 0.5) is 0 Å². The van der Waals surface area contributed by atoms with Crippen LogP contribution in [0.3, 0.4) is 0 Å². The van der Waals surface area contributed by atoms with Gasteiger partial charge >= 0.3 is 0 Å². The van der Waals surface area contributed by atoms with E-state index in [0.29, 0.717) is 6.54 Å². The minimum Gasteiger partial charge on any atom is -0.330 e. The Morgan fingerprint density at radius 2 is 1.64 bits per heavy atom. The summed E-state index contributed by atoms with van der Waals surface area (Å²) in [5.74, 6) is 0. The van der Waals surface area contributed by atoms with Gasteiger partial charge in [0.2, 0.25) is 0 Å². The van der Waals surface area contributed by atoms with E-state index in [1.165, 1.54) is 53.7 Å². The van der Waals surface area contributed by atoms with Gasteiger partial charge in [0.05, 0.1) is 0 Å². The van der Waals surface area contributed by atoms with Crippen LogP contribution in [0.15, 0.2) is 42.5 Å². The van der Waals surface area contributed by atoms with Gasteiger partial charge in [0, 0.05) is 6.54 Å². The molecule has 0 atom stereocenters. The molecule has 22 heavy (non-hydrogen) atoms. The van der Waals surface area contributed by atoms with Crippen molar-refractivity contribution in [1.29, 1.82) is 0 Å². The van der Waals surface area contributed by atoms with Gasteiger partial charge in [0.1, 0.15) is 0 Å². The standard InChI is InChI=1S/C20H26N2/c1-16-12-18(15-22-10-2-3-11-22)14-20(13-16)19-6-4-17(5-7-19)8-9-21/h4-7,12-14H,2-3,8-11,15,21H2,1H3. The summed E-state index contributed by atoms with van der Waals surface area (Å²) in [5.41, 5.74) is 12.3. The molecule has 1 aliphatic heterocycles. The van der Waals surface area contributed by atoms with Gasteiger partial charge in [0.15, 0.2) is 0 Å². The number of hydrogen-bond donors (Lipinski definition) is 1. The zero-order valence-corrected chi connectivity index (χ0v) is 13.5. The molecule has 0 bridgehead atoms. The van der Waals surface area contributed by atoms with Crippen molar-refractivity contribution in [3.63, 3.8) is 0 Å². The minimum atomic E-state index is 0.712. The zero-order chi connectivity index (χ0) is 15.4. The first-order valence-corrected chi connectivity index (χ1v) is 8.37. The maximum Gasteiger partial charge on any atom is 0.0234 e. The number of likely N-dealkylation sites (tertiary alicyclic amines) is 1. The van der Waals surface area contributed by atoms with E-state index < -0.39 is 0 Å². The Labute approximate surface area is 134 Å². The van der Waals surface area contributed by atoms with Gasteiger partial charge in [-0.05, 0) is 74.1 Å². The summed E-state index contributed by atoms with van der Waals surface area (Å²) in [6, 6.07) is 15.8. The fraction of sp³-hybridized carbons (Fsp3) is 0.400. The third-order valence-corrected chi connectivity index (χ3v) is 4.46. The van der Waals surface area contributed by atoms with E-state index in [1.807, 2.05) is 0 Å². The molecule has 0 spiro atoms. The number of aryl methyl sites for hydroxylation is 1. The van der Waals surface area contributed by atoms with Crippen LogP contribution in [0.5, 0.6) is 0 Å². The Morgan fingerprint density at radius 3 is 2.32 bits per heavy atom. The van der Waals surface area contributed by atoms with Crippen LogP contribution >= 0.6 is 0 Å². The first-order valence-electron chi connectivity index (χ1n) is 8.37. The molecular formula is C20H26N2. The van der Waals surface area contributed by atoms with E-state index in [1.54, 1.807) is 0 Å². The lowest BCUT2D eigenvalue weighted by molar-refractivity contribution is 0.331. The van der Waals surface area contributed by atoms with Gasteiger partial charge in [0.25, 0.3) is 0 Å². The fourth-order valence-corrected chi connectivity index (χ4v) is 3.35. The first kappa shape index (κ1) is 15.3. The Hall–Kier alpha value is -1.64. The van der Waals surface area contributed by atoms with Crippen molar-refractivity contribution in [3.8, 4) is 11.1 Å². The van der Waals surface area contributed by atoms with Gasteiger partial charge in [-0.3, -0.25) is 4.90 Å². The Morgan fingerprint density at radius 1 is 0.909 bits per heavy atom. The lowest BCUT2D eigenvalue weighted by atomic mass is 9.98. The molecule has 0 amide bonds. The van der Waals surface area contributed by atoms with Crippen molar-refractivity contribution in [2.45, 2.75) is 32.7 Å². The maximum absolute atomic E-state index is 5.62. The molecule has 2 aromatic rings. The Bertz CT molecular complexity index is 610. The van der Waals surface area contributed by atoms with Gasteiger partial charge in [-0.25, -0.2) is 0 Å². The monoisotopic (exact) mass is 294 g/mol. The molecule has 1 saturated heterocycles. The van der Waals surface area contributed by atoms with Gasteiger partial charge in [-0.15, -0.1) is 0 Å². The molecule has 0 unspecified atom stereocenters. The lowest BCUT2D eigenvalue weighted by Gasteiger charge is -2.16. The highest BCUT2D eigenvalue weighted by atomic mass is 15.1. The molecular weight excluding hydrogens is 268 g/mol. The normalized spacial score (nSPS) is 15.4. The lowest BCUT2D eigenvalue weighted by Crippen LogP contribution is -2.18. The summed E-state index contributed by atoms with van der Waals surface area (Å²) in [4.78, 5) is 2.56. The molecule has 116 valence electrons. The molecule has 1 aliphatic rings. The van der Waals surface area contributed by atoms with Crippen LogP contribution in [0.1, 0.15) is 29.5 Å². The minimum absolute atomic E-state index is 0.712. The van der Waals surface area contributed by atoms with E-state index in [2.05, 4.69) is 54.3 Å². The highest BCUT2D eigenvalue weighted by Gasteiger charge is 2.12. The average molecular weight is 294 g/mol. The molecule has 0 radical (unpaired) electrons. The summed E-state index contributed by atoms with van der Waals surface area (Å²) < 4.78 is 0. The highest BCUT2D eigenvalue weighted by molar-refractivity contribution is 5.65. The van der Waals surface area contributed by atoms with Crippen molar-refractivity contribution in [3.05, 3.63) is 59.2 Å². The number of benzene rings is 2. The van der Waals surface area contributed by atoms with Crippen LogP contribution < -0.4 is 5.73 Å². The van der Waals surface area contributed by atoms with E-state index in [0.717, 1.165) is 13.0 Å². The quantitative estimate of drug-likeness (QED) is 0.910. The predicted octanol–water partition coefficient (Wildman–Crippen LogP) is 3.76. The summed E-state index contributed by atoms with van der Waals surface area (Å²) in [7, 11) is 0. The highest BCUT2D eigenvalue weighted by Crippen LogP contribution is 2.24. The third-order valence-electron chi connectivity index (χ3n) is 4.46. The summed E-state index contributed by atoms with van der Waals surface area (Å²) >= 11 is 0. The number of hydrogen-bond acceptors (Lipinski definition) is 2. The molecule has 0 aromatic heterocycles. The Balaban J connectivity index is 1.81. The Kier molecular flexibility index (Phi) is 4.91.